The lowest BCUT2D eigenvalue weighted by Gasteiger charge is -2.44. The third-order valence-electron chi connectivity index (χ3n) is 6.21. The Morgan fingerprint density at radius 3 is 2.71 bits per heavy atom. The Balaban J connectivity index is 1.69. The first kappa shape index (κ1) is 25.2. The predicted molar refractivity (Wildman–Crippen MR) is 125 cm³/mol. The number of carbonyl (C=O) groups excluding carboxylic acids is 1. The highest BCUT2D eigenvalue weighted by Crippen LogP contribution is 2.47. The standard InChI is InChI=1S/C21H22ClF3N6O3S/c1-20(2)18(26)31-21(3,13-6-7-28-35(13,20)33)16-12(23)4-5-14(29-16)30-17(32)15-11(22)8-10(9-27-15)34-19(24)25/h4-5,8-9,13,19H,6-7H2,1-3H3,(H2,26,31)(H,29,30,32)/t13-,21-,35+/m0/s1. The molecular weight excluding hydrogens is 509 g/mol. The fourth-order valence-electron chi connectivity index (χ4n) is 4.27. The van der Waals surface area contributed by atoms with Gasteiger partial charge in [-0.3, -0.25) is 9.79 Å². The number of nitrogens with zero attached hydrogens (tertiary/aromatic N) is 4. The third kappa shape index (κ3) is 4.10. The third-order valence-corrected chi connectivity index (χ3v) is 10.2. The number of fused-ring (bicyclic) bond motifs is 1. The molecule has 3 atom stereocenters. The van der Waals surface area contributed by atoms with E-state index in [9.17, 15) is 17.8 Å². The number of amides is 1. The summed E-state index contributed by atoms with van der Waals surface area (Å²) >= 11 is 5.99. The average molecular weight is 531 g/mol. The van der Waals surface area contributed by atoms with Crippen LogP contribution in [0, 0.1) is 5.82 Å². The second kappa shape index (κ2) is 8.63. The molecule has 2 aliphatic rings. The predicted octanol–water partition coefficient (Wildman–Crippen LogP) is 3.73. The van der Waals surface area contributed by atoms with E-state index in [2.05, 4.69) is 29.4 Å². The molecule has 2 aromatic rings. The average Bonchev–Trinajstić information content (AvgIpc) is 3.18. The van der Waals surface area contributed by atoms with Crippen LogP contribution in [0.5, 0.6) is 5.75 Å². The maximum atomic E-state index is 15.1. The number of carbonyl (C=O) groups is 1. The van der Waals surface area contributed by atoms with E-state index in [0.29, 0.717) is 13.0 Å². The second-order valence-corrected chi connectivity index (χ2v) is 12.1. The zero-order valence-corrected chi connectivity index (χ0v) is 20.5. The summed E-state index contributed by atoms with van der Waals surface area (Å²) in [6.07, 6.45) is 1.32. The zero-order valence-electron chi connectivity index (χ0n) is 18.9. The van der Waals surface area contributed by atoms with E-state index in [1.165, 1.54) is 6.07 Å². The number of rotatable bonds is 5. The quantitative estimate of drug-likeness (QED) is 0.605. The van der Waals surface area contributed by atoms with Crippen LogP contribution in [0.2, 0.25) is 5.02 Å². The van der Waals surface area contributed by atoms with Crippen LogP contribution in [0.1, 0.15) is 43.4 Å². The number of halogens is 4. The summed E-state index contributed by atoms with van der Waals surface area (Å²) in [6, 6.07) is 3.33. The van der Waals surface area contributed by atoms with Crippen molar-refractivity contribution in [1.29, 1.82) is 0 Å². The molecule has 0 aliphatic carbocycles. The zero-order chi connectivity index (χ0) is 25.8. The maximum absolute atomic E-state index is 15.1. The van der Waals surface area contributed by atoms with Crippen molar-refractivity contribution in [3.63, 3.8) is 0 Å². The van der Waals surface area contributed by atoms with Gasteiger partial charge in [0.1, 0.15) is 44.9 Å². The van der Waals surface area contributed by atoms with E-state index in [1.54, 1.807) is 20.8 Å². The molecule has 4 rings (SSSR count). The topological polar surface area (TPSA) is 132 Å². The minimum atomic E-state index is -3.08. The first-order valence-corrected chi connectivity index (χ1v) is 12.4. The van der Waals surface area contributed by atoms with Crippen molar-refractivity contribution in [2.24, 2.45) is 15.1 Å². The van der Waals surface area contributed by atoms with Gasteiger partial charge in [0.2, 0.25) is 0 Å². The molecule has 14 heteroatoms. The molecular formula is C21H22ClF3N6O3S. The molecule has 0 unspecified atom stereocenters. The van der Waals surface area contributed by atoms with Crippen molar-refractivity contribution < 1.29 is 26.9 Å². The van der Waals surface area contributed by atoms with E-state index in [-0.39, 0.29) is 33.8 Å². The second-order valence-electron chi connectivity index (χ2n) is 8.71. The van der Waals surface area contributed by atoms with E-state index in [4.69, 9.17) is 17.3 Å². The van der Waals surface area contributed by atoms with Gasteiger partial charge in [0.15, 0.2) is 0 Å². The van der Waals surface area contributed by atoms with Crippen molar-refractivity contribution in [2.45, 2.75) is 49.3 Å². The lowest BCUT2D eigenvalue weighted by atomic mass is 9.89. The molecule has 9 nitrogen and oxygen atoms in total. The number of nitrogens with two attached hydrogens (primary N) is 1. The van der Waals surface area contributed by atoms with Gasteiger partial charge in [-0.05, 0) is 39.3 Å². The fourth-order valence-corrected chi connectivity index (χ4v) is 7.66. The first-order chi connectivity index (χ1) is 16.3. The minimum absolute atomic E-state index is 0.0570. The van der Waals surface area contributed by atoms with Crippen LogP contribution in [-0.2, 0) is 15.3 Å². The van der Waals surface area contributed by atoms with Crippen LogP contribution in [-0.4, -0.2) is 49.1 Å². The molecule has 3 N–H and O–H groups in total. The van der Waals surface area contributed by atoms with E-state index in [1.807, 2.05) is 0 Å². The largest absolute Gasteiger partial charge is 0.433 e. The van der Waals surface area contributed by atoms with Crippen LogP contribution in [0.3, 0.4) is 0 Å². The summed E-state index contributed by atoms with van der Waals surface area (Å²) < 4.78 is 61.2. The van der Waals surface area contributed by atoms with Crippen LogP contribution in [0.15, 0.2) is 33.8 Å². The summed E-state index contributed by atoms with van der Waals surface area (Å²) in [4.78, 5) is 25.3. The lowest BCUT2D eigenvalue weighted by molar-refractivity contribution is -0.0500. The molecule has 1 amide bonds. The van der Waals surface area contributed by atoms with Crippen molar-refractivity contribution in [1.82, 2.24) is 9.97 Å². The van der Waals surface area contributed by atoms with Gasteiger partial charge in [0, 0.05) is 12.6 Å². The highest BCUT2D eigenvalue weighted by molar-refractivity contribution is 7.96. The molecule has 35 heavy (non-hydrogen) atoms. The van der Waals surface area contributed by atoms with Crippen molar-refractivity contribution >= 4 is 38.9 Å². The highest BCUT2D eigenvalue weighted by Gasteiger charge is 2.57. The van der Waals surface area contributed by atoms with Gasteiger partial charge in [-0.1, -0.05) is 11.6 Å². The maximum Gasteiger partial charge on any atom is 0.387 e. The Bertz CT molecular complexity index is 1360. The Morgan fingerprint density at radius 2 is 2.06 bits per heavy atom. The molecule has 188 valence electrons. The summed E-state index contributed by atoms with van der Waals surface area (Å²) in [5.74, 6) is -1.85. The summed E-state index contributed by atoms with van der Waals surface area (Å²) in [6.45, 7) is 2.23. The number of anilines is 1. The van der Waals surface area contributed by atoms with Gasteiger partial charge in [-0.2, -0.15) is 8.78 Å². The molecule has 2 aromatic heterocycles. The lowest BCUT2D eigenvalue weighted by Crippen LogP contribution is -2.58. The molecule has 0 fully saturated rings. The first-order valence-electron chi connectivity index (χ1n) is 10.5. The highest BCUT2D eigenvalue weighted by atomic mass is 35.5. The number of ether oxygens (including phenoxy) is 1. The monoisotopic (exact) mass is 530 g/mol. The number of nitrogens with one attached hydrogen (secondary N) is 1. The van der Waals surface area contributed by atoms with Gasteiger partial charge in [0.25, 0.3) is 5.91 Å². The van der Waals surface area contributed by atoms with Crippen LogP contribution >= 0.6 is 11.6 Å². The van der Waals surface area contributed by atoms with E-state index in [0.717, 1.165) is 18.3 Å². The smallest absolute Gasteiger partial charge is 0.387 e. The van der Waals surface area contributed by atoms with E-state index < -0.39 is 43.6 Å². The van der Waals surface area contributed by atoms with Gasteiger partial charge in [-0.15, -0.1) is 0 Å². The Kier molecular flexibility index (Phi) is 6.20. The number of pyridine rings is 2. The number of aliphatic imine (C=N–C) groups is 1. The summed E-state index contributed by atoms with van der Waals surface area (Å²) in [7, 11) is -2.91. The fraction of sp³-hybridized carbons (Fsp3) is 0.429. The minimum Gasteiger partial charge on any atom is -0.433 e. The molecule has 0 saturated heterocycles. The van der Waals surface area contributed by atoms with Gasteiger partial charge in [-0.25, -0.2) is 22.9 Å². The number of amidine groups is 1. The van der Waals surface area contributed by atoms with Crippen LogP contribution in [0.25, 0.3) is 0 Å². The number of hydrogen-bond acceptors (Lipinski definition) is 8. The Labute approximate surface area is 204 Å². The number of aromatic nitrogens is 2. The Hall–Kier alpha value is -2.93. The molecule has 0 saturated carbocycles. The van der Waals surface area contributed by atoms with Crippen molar-refractivity contribution in [3.8, 4) is 5.75 Å². The molecule has 0 bridgehead atoms. The van der Waals surface area contributed by atoms with Crippen LogP contribution in [0.4, 0.5) is 19.0 Å². The summed E-state index contributed by atoms with van der Waals surface area (Å²) in [5.41, 5.74) is 4.35. The molecule has 0 aromatic carbocycles. The van der Waals surface area contributed by atoms with E-state index >= 15 is 4.39 Å². The molecule has 2 aliphatic heterocycles. The van der Waals surface area contributed by atoms with Crippen molar-refractivity contribution in [3.05, 3.63) is 46.6 Å². The summed E-state index contributed by atoms with van der Waals surface area (Å²) in [5, 5.41) is 1.56. The Morgan fingerprint density at radius 1 is 1.34 bits per heavy atom. The normalized spacial score (nSPS) is 27.1. The molecule has 0 spiro atoms. The van der Waals surface area contributed by atoms with Crippen LogP contribution < -0.4 is 15.8 Å². The van der Waals surface area contributed by atoms with Gasteiger partial charge in [0.05, 0.1) is 26.2 Å². The van der Waals surface area contributed by atoms with Gasteiger partial charge >= 0.3 is 6.61 Å². The van der Waals surface area contributed by atoms with Crippen molar-refractivity contribution in [2.75, 3.05) is 11.9 Å². The SMILES string of the molecule is CC1(C)C(N)=N[C@](C)(c2nc(NC(=O)c3ncc(OC(F)F)cc3Cl)ccc2F)[C@@H]2CCN=[S@@]21=O. The van der Waals surface area contributed by atoms with Gasteiger partial charge < -0.3 is 15.8 Å². The number of hydrogen-bond donors (Lipinski definition) is 2. The molecule has 4 heterocycles. The number of alkyl halides is 2. The molecule has 0 radical (unpaired) electrons.